The number of rotatable bonds is 9. The van der Waals surface area contributed by atoms with E-state index in [-0.39, 0.29) is 0 Å². The number of carbonyl (C=O) groups excluding carboxylic acids is 1. The standard InChI is InChI=1S/C19H20ClN3O2/c20-15-6-1-4-9-18(15)25-13-5-12-23-17-8-3-2-7-16(17)22-19(23)10-11-21-14-24/h1-4,6-9,14H,5,10-13H2,(H,21,24). The van der Waals surface area contributed by atoms with Gasteiger partial charge < -0.3 is 14.6 Å². The first-order chi connectivity index (χ1) is 12.3. The van der Waals surface area contributed by atoms with Crippen molar-refractivity contribution in [3.63, 3.8) is 0 Å². The lowest BCUT2D eigenvalue weighted by Crippen LogP contribution is -2.17. The molecular weight excluding hydrogens is 338 g/mol. The van der Waals surface area contributed by atoms with Crippen LogP contribution in [0, 0.1) is 0 Å². The zero-order valence-electron chi connectivity index (χ0n) is 13.8. The van der Waals surface area contributed by atoms with E-state index in [1.165, 1.54) is 0 Å². The molecule has 3 rings (SSSR count). The quantitative estimate of drug-likeness (QED) is 0.471. The van der Waals surface area contributed by atoms with Crippen LogP contribution in [0.15, 0.2) is 48.5 Å². The average Bonchev–Trinajstić information content (AvgIpc) is 2.98. The Morgan fingerprint density at radius 3 is 2.80 bits per heavy atom. The maximum Gasteiger partial charge on any atom is 0.207 e. The van der Waals surface area contributed by atoms with Gasteiger partial charge in [0, 0.05) is 19.5 Å². The highest BCUT2D eigenvalue weighted by molar-refractivity contribution is 6.32. The van der Waals surface area contributed by atoms with Crippen molar-refractivity contribution >= 4 is 29.0 Å². The number of carbonyl (C=O) groups is 1. The number of hydrogen-bond donors (Lipinski definition) is 1. The van der Waals surface area contributed by atoms with E-state index in [4.69, 9.17) is 16.3 Å². The van der Waals surface area contributed by atoms with Gasteiger partial charge in [0.05, 0.1) is 22.7 Å². The number of amides is 1. The van der Waals surface area contributed by atoms with Crippen molar-refractivity contribution in [3.8, 4) is 5.75 Å². The summed E-state index contributed by atoms with van der Waals surface area (Å²) in [6.45, 7) is 1.94. The molecule has 0 bridgehead atoms. The summed E-state index contributed by atoms with van der Waals surface area (Å²) in [5, 5.41) is 3.31. The Morgan fingerprint density at radius 1 is 1.16 bits per heavy atom. The highest BCUT2D eigenvalue weighted by atomic mass is 35.5. The van der Waals surface area contributed by atoms with Gasteiger partial charge in [0.2, 0.25) is 6.41 Å². The van der Waals surface area contributed by atoms with Crippen LogP contribution in [0.5, 0.6) is 5.75 Å². The maximum atomic E-state index is 10.5. The largest absolute Gasteiger partial charge is 0.492 e. The van der Waals surface area contributed by atoms with Gasteiger partial charge in [-0.15, -0.1) is 0 Å². The highest BCUT2D eigenvalue weighted by Crippen LogP contribution is 2.23. The van der Waals surface area contributed by atoms with Crippen LogP contribution in [0.25, 0.3) is 11.0 Å². The number of aryl methyl sites for hydroxylation is 1. The Hall–Kier alpha value is -2.53. The van der Waals surface area contributed by atoms with E-state index in [0.29, 0.717) is 36.8 Å². The molecule has 25 heavy (non-hydrogen) atoms. The van der Waals surface area contributed by atoms with Crippen LogP contribution in [-0.4, -0.2) is 29.1 Å². The van der Waals surface area contributed by atoms with E-state index >= 15 is 0 Å². The normalized spacial score (nSPS) is 10.8. The van der Waals surface area contributed by atoms with Gasteiger partial charge in [-0.3, -0.25) is 4.79 Å². The van der Waals surface area contributed by atoms with Gasteiger partial charge in [0.15, 0.2) is 0 Å². The first-order valence-corrected chi connectivity index (χ1v) is 8.66. The smallest absolute Gasteiger partial charge is 0.207 e. The molecule has 1 N–H and O–H groups in total. The van der Waals surface area contributed by atoms with Crippen molar-refractivity contribution in [2.45, 2.75) is 19.4 Å². The van der Waals surface area contributed by atoms with Gasteiger partial charge >= 0.3 is 0 Å². The molecule has 0 saturated carbocycles. The van der Waals surface area contributed by atoms with Crippen LogP contribution >= 0.6 is 11.6 Å². The summed E-state index contributed by atoms with van der Waals surface area (Å²) in [7, 11) is 0. The van der Waals surface area contributed by atoms with E-state index in [2.05, 4.69) is 20.9 Å². The number of halogens is 1. The number of aromatic nitrogens is 2. The Balaban J connectivity index is 1.66. The molecule has 0 aliphatic rings. The summed E-state index contributed by atoms with van der Waals surface area (Å²) < 4.78 is 7.95. The topological polar surface area (TPSA) is 56.2 Å². The molecule has 0 saturated heterocycles. The Kier molecular flexibility index (Phi) is 5.90. The molecular formula is C19H20ClN3O2. The second-order valence-electron chi connectivity index (χ2n) is 5.62. The van der Waals surface area contributed by atoms with Gasteiger partial charge in [-0.05, 0) is 30.7 Å². The Labute approximate surface area is 151 Å². The highest BCUT2D eigenvalue weighted by Gasteiger charge is 2.10. The fourth-order valence-electron chi connectivity index (χ4n) is 2.78. The second-order valence-corrected chi connectivity index (χ2v) is 6.03. The predicted molar refractivity (Wildman–Crippen MR) is 99.1 cm³/mol. The lowest BCUT2D eigenvalue weighted by Gasteiger charge is -2.11. The molecule has 6 heteroatoms. The van der Waals surface area contributed by atoms with Crippen molar-refractivity contribution in [3.05, 3.63) is 59.4 Å². The Bertz CT molecular complexity index is 848. The third-order valence-electron chi connectivity index (χ3n) is 3.93. The predicted octanol–water partition coefficient (Wildman–Crippen LogP) is 3.45. The minimum absolute atomic E-state index is 0.572. The third kappa shape index (κ3) is 4.31. The molecule has 0 unspecified atom stereocenters. The first-order valence-electron chi connectivity index (χ1n) is 8.28. The van der Waals surface area contributed by atoms with Crippen molar-refractivity contribution in [1.29, 1.82) is 0 Å². The van der Waals surface area contributed by atoms with E-state index in [0.717, 1.165) is 29.8 Å². The fourth-order valence-corrected chi connectivity index (χ4v) is 2.97. The molecule has 0 aliphatic heterocycles. The molecule has 1 aromatic heterocycles. The number of fused-ring (bicyclic) bond motifs is 1. The molecule has 0 fully saturated rings. The number of imidazole rings is 1. The monoisotopic (exact) mass is 357 g/mol. The molecule has 0 aliphatic carbocycles. The summed E-state index contributed by atoms with van der Waals surface area (Å²) in [6, 6.07) is 15.5. The lowest BCUT2D eigenvalue weighted by atomic mass is 10.3. The summed E-state index contributed by atoms with van der Waals surface area (Å²) in [5.41, 5.74) is 2.07. The molecule has 1 amide bonds. The lowest BCUT2D eigenvalue weighted by molar-refractivity contribution is -0.109. The molecule has 0 radical (unpaired) electrons. The van der Waals surface area contributed by atoms with Gasteiger partial charge in [-0.2, -0.15) is 0 Å². The van der Waals surface area contributed by atoms with Crippen LogP contribution in [-0.2, 0) is 17.8 Å². The summed E-state index contributed by atoms with van der Waals surface area (Å²) in [4.78, 5) is 15.1. The van der Waals surface area contributed by atoms with Crippen molar-refractivity contribution in [2.24, 2.45) is 0 Å². The fraction of sp³-hybridized carbons (Fsp3) is 0.263. The van der Waals surface area contributed by atoms with E-state index in [1.807, 2.05) is 42.5 Å². The van der Waals surface area contributed by atoms with E-state index in [9.17, 15) is 4.79 Å². The number of hydrogen-bond acceptors (Lipinski definition) is 3. The molecule has 0 spiro atoms. The van der Waals surface area contributed by atoms with Crippen LogP contribution in [0.2, 0.25) is 5.02 Å². The summed E-state index contributed by atoms with van der Waals surface area (Å²) in [6.07, 6.45) is 2.24. The SMILES string of the molecule is O=CNCCc1nc2ccccc2n1CCCOc1ccccc1Cl. The van der Waals surface area contributed by atoms with Crippen LogP contribution in [0.4, 0.5) is 0 Å². The minimum atomic E-state index is 0.572. The third-order valence-corrected chi connectivity index (χ3v) is 4.24. The number of para-hydroxylation sites is 3. The van der Waals surface area contributed by atoms with E-state index in [1.54, 1.807) is 0 Å². The molecule has 3 aromatic rings. The van der Waals surface area contributed by atoms with Gasteiger partial charge in [0.25, 0.3) is 0 Å². The zero-order valence-corrected chi connectivity index (χ0v) is 14.6. The van der Waals surface area contributed by atoms with Gasteiger partial charge in [0.1, 0.15) is 11.6 Å². The van der Waals surface area contributed by atoms with Crippen LogP contribution < -0.4 is 10.1 Å². The minimum Gasteiger partial charge on any atom is -0.492 e. The second kappa shape index (κ2) is 8.53. The number of nitrogens with one attached hydrogen (secondary N) is 1. The van der Waals surface area contributed by atoms with Gasteiger partial charge in [-0.25, -0.2) is 4.98 Å². The van der Waals surface area contributed by atoms with Crippen molar-refractivity contribution in [1.82, 2.24) is 14.9 Å². The number of ether oxygens (including phenoxy) is 1. The van der Waals surface area contributed by atoms with Crippen molar-refractivity contribution in [2.75, 3.05) is 13.2 Å². The van der Waals surface area contributed by atoms with Crippen LogP contribution in [0.3, 0.4) is 0 Å². The molecule has 130 valence electrons. The van der Waals surface area contributed by atoms with Crippen LogP contribution in [0.1, 0.15) is 12.2 Å². The molecule has 0 atom stereocenters. The first kappa shape index (κ1) is 17.3. The maximum absolute atomic E-state index is 10.5. The summed E-state index contributed by atoms with van der Waals surface area (Å²) in [5.74, 6) is 1.67. The average molecular weight is 358 g/mol. The summed E-state index contributed by atoms with van der Waals surface area (Å²) >= 11 is 6.10. The number of benzene rings is 2. The molecule has 1 heterocycles. The molecule has 5 nitrogen and oxygen atoms in total. The Morgan fingerprint density at radius 2 is 1.96 bits per heavy atom. The van der Waals surface area contributed by atoms with Crippen molar-refractivity contribution < 1.29 is 9.53 Å². The number of nitrogens with zero attached hydrogens (tertiary/aromatic N) is 2. The van der Waals surface area contributed by atoms with E-state index < -0.39 is 0 Å². The van der Waals surface area contributed by atoms with Gasteiger partial charge in [-0.1, -0.05) is 35.9 Å². The zero-order chi connectivity index (χ0) is 17.5. The molecule has 2 aromatic carbocycles.